The third-order valence-corrected chi connectivity index (χ3v) is 6.31. The van der Waals surface area contributed by atoms with Gasteiger partial charge in [-0.25, -0.2) is 9.59 Å². The van der Waals surface area contributed by atoms with Crippen molar-refractivity contribution in [3.8, 4) is 0 Å². The Labute approximate surface area is 220 Å². The molecule has 0 amide bonds. The van der Waals surface area contributed by atoms with Gasteiger partial charge in [0.05, 0.1) is 13.2 Å². The van der Waals surface area contributed by atoms with Gasteiger partial charge in [0.1, 0.15) is 0 Å². The predicted molar refractivity (Wildman–Crippen MR) is 125 cm³/mol. The third-order valence-electron chi connectivity index (χ3n) is 6.31. The van der Waals surface area contributed by atoms with Crippen LogP contribution >= 0.6 is 0 Å². The minimum absolute atomic E-state index is 0.347. The average Bonchev–Trinajstić information content (AvgIpc) is 3.36. The van der Waals surface area contributed by atoms with Gasteiger partial charge < -0.3 is 14.9 Å². The van der Waals surface area contributed by atoms with E-state index in [0.717, 1.165) is 25.6 Å². The van der Waals surface area contributed by atoms with Crippen molar-refractivity contribution in [1.29, 1.82) is 0 Å². The van der Waals surface area contributed by atoms with Crippen LogP contribution in [0.25, 0.3) is 0 Å². The van der Waals surface area contributed by atoms with Gasteiger partial charge in [-0.3, -0.25) is 14.9 Å². The highest BCUT2D eigenvalue weighted by atomic mass is 19.4. The highest BCUT2D eigenvalue weighted by molar-refractivity contribution is 5.73. The predicted octanol–water partition coefficient (Wildman–Crippen LogP) is 4.87. The van der Waals surface area contributed by atoms with Crippen molar-refractivity contribution < 1.29 is 50.9 Å². The Morgan fingerprint density at radius 1 is 1.05 bits per heavy atom. The van der Waals surface area contributed by atoms with Crippen LogP contribution in [0.3, 0.4) is 0 Å². The van der Waals surface area contributed by atoms with Crippen LogP contribution in [0.5, 0.6) is 0 Å². The number of pyridine rings is 2. The lowest BCUT2D eigenvalue weighted by atomic mass is 9.81. The monoisotopic (exact) mass is 565 g/mol. The number of ether oxygens (including phenoxy) is 1. The lowest BCUT2D eigenvalue weighted by Crippen LogP contribution is -2.32. The molecule has 4 rings (SSSR count). The van der Waals surface area contributed by atoms with E-state index in [1.807, 2.05) is 30.9 Å². The van der Waals surface area contributed by atoms with Gasteiger partial charge in [0.15, 0.2) is 0 Å². The van der Waals surface area contributed by atoms with Crippen LogP contribution in [-0.4, -0.2) is 69.1 Å². The van der Waals surface area contributed by atoms with Crippen molar-refractivity contribution in [2.24, 2.45) is 11.3 Å². The Morgan fingerprint density at radius 2 is 1.67 bits per heavy atom. The molecule has 1 aliphatic heterocycles. The Balaban J connectivity index is 0.000000317. The SMILES string of the molecule is Cc1cncc(COC[C@@]23CCC[C@@H]2CN(Cc2cccnc2)C3)c1.O=C(O)C(F)(F)F.O=C(O)C(F)(F)F. The summed E-state index contributed by atoms with van der Waals surface area (Å²) in [6.45, 7) is 6.98. The molecule has 1 saturated heterocycles. The summed E-state index contributed by atoms with van der Waals surface area (Å²) >= 11 is 0. The second kappa shape index (κ2) is 13.7. The highest BCUT2D eigenvalue weighted by Crippen LogP contribution is 2.49. The first-order valence-corrected chi connectivity index (χ1v) is 11.8. The van der Waals surface area contributed by atoms with Crippen LogP contribution in [0.1, 0.15) is 36.0 Å². The first-order valence-electron chi connectivity index (χ1n) is 11.8. The molecule has 1 saturated carbocycles. The zero-order chi connectivity index (χ0) is 29.3. The first-order chi connectivity index (χ1) is 18.1. The molecule has 0 radical (unpaired) electrons. The molecule has 2 N–H and O–H groups in total. The summed E-state index contributed by atoms with van der Waals surface area (Å²) in [7, 11) is 0. The second-order valence-corrected chi connectivity index (χ2v) is 9.45. The molecule has 2 atom stereocenters. The molecule has 1 aliphatic carbocycles. The van der Waals surface area contributed by atoms with Gasteiger partial charge in [-0.05, 0) is 48.4 Å². The molecule has 216 valence electrons. The third kappa shape index (κ3) is 10.4. The van der Waals surface area contributed by atoms with Crippen molar-refractivity contribution in [1.82, 2.24) is 14.9 Å². The number of aromatic nitrogens is 2. The number of fused-ring (bicyclic) bond motifs is 1. The van der Waals surface area contributed by atoms with Crippen LogP contribution in [-0.2, 0) is 27.5 Å². The molecule has 0 bridgehead atoms. The topological polar surface area (TPSA) is 113 Å². The molecule has 0 aromatic carbocycles. The summed E-state index contributed by atoms with van der Waals surface area (Å²) in [5, 5.41) is 14.2. The summed E-state index contributed by atoms with van der Waals surface area (Å²) in [5.74, 6) is -4.74. The Bertz CT molecular complexity index is 1060. The largest absolute Gasteiger partial charge is 0.490 e. The quantitative estimate of drug-likeness (QED) is 0.477. The summed E-state index contributed by atoms with van der Waals surface area (Å²) in [6, 6.07) is 6.37. The zero-order valence-corrected chi connectivity index (χ0v) is 21.0. The van der Waals surface area contributed by atoms with E-state index >= 15 is 0 Å². The van der Waals surface area contributed by atoms with Crippen LogP contribution in [0.15, 0.2) is 43.0 Å². The number of likely N-dealkylation sites (tertiary alicyclic amines) is 1. The maximum absolute atomic E-state index is 10.6. The maximum Gasteiger partial charge on any atom is 0.490 e. The second-order valence-electron chi connectivity index (χ2n) is 9.45. The highest BCUT2D eigenvalue weighted by Gasteiger charge is 2.49. The molecule has 3 heterocycles. The molecule has 2 aromatic heterocycles. The lowest BCUT2D eigenvalue weighted by molar-refractivity contribution is -0.193. The number of halogens is 6. The van der Waals surface area contributed by atoms with E-state index in [2.05, 4.69) is 33.9 Å². The fraction of sp³-hybridized carbons (Fsp3) is 0.520. The minimum Gasteiger partial charge on any atom is -0.475 e. The van der Waals surface area contributed by atoms with Gasteiger partial charge in [0.25, 0.3) is 0 Å². The molecule has 2 aromatic rings. The van der Waals surface area contributed by atoms with E-state index in [4.69, 9.17) is 24.5 Å². The molecule has 39 heavy (non-hydrogen) atoms. The zero-order valence-electron chi connectivity index (χ0n) is 21.0. The van der Waals surface area contributed by atoms with Crippen molar-refractivity contribution in [3.05, 3.63) is 59.7 Å². The van der Waals surface area contributed by atoms with Crippen molar-refractivity contribution in [2.75, 3.05) is 19.7 Å². The fourth-order valence-corrected chi connectivity index (χ4v) is 4.70. The standard InChI is InChI=1S/C21H27N3O.2C2HF3O2/c1-17-8-19(11-23-9-17)14-25-16-21-6-2-5-20(21)13-24(15-21)12-18-4-3-7-22-10-18;2*3-2(4,5)1(6)7/h3-4,7-11,20H,2,5-6,12-16H2,1H3;2*(H,6,7)/t20-,21+;;/m1../s1. The summed E-state index contributed by atoms with van der Waals surface area (Å²) in [6.07, 6.45) is 1.47. The number of carboxylic acid groups (broad SMARTS) is 2. The van der Waals surface area contributed by atoms with Crippen LogP contribution in [0.4, 0.5) is 26.3 Å². The number of aryl methyl sites for hydroxylation is 1. The molecular weight excluding hydrogens is 536 g/mol. The van der Waals surface area contributed by atoms with E-state index in [1.165, 1.54) is 42.5 Å². The fourth-order valence-electron chi connectivity index (χ4n) is 4.70. The number of carbonyl (C=O) groups is 2. The number of nitrogens with zero attached hydrogens (tertiary/aromatic N) is 3. The Kier molecular flexibility index (Phi) is 11.2. The van der Waals surface area contributed by atoms with Gasteiger partial charge >= 0.3 is 24.3 Å². The van der Waals surface area contributed by atoms with Crippen molar-refractivity contribution >= 4 is 11.9 Å². The lowest BCUT2D eigenvalue weighted by Gasteiger charge is -2.29. The Morgan fingerprint density at radius 3 is 2.21 bits per heavy atom. The maximum atomic E-state index is 10.6. The van der Waals surface area contributed by atoms with Gasteiger partial charge in [0.2, 0.25) is 0 Å². The molecule has 2 fully saturated rings. The van der Waals surface area contributed by atoms with E-state index < -0.39 is 24.3 Å². The molecule has 14 heteroatoms. The molecule has 2 aliphatic rings. The van der Waals surface area contributed by atoms with Gasteiger partial charge in [-0.15, -0.1) is 0 Å². The first kappa shape index (κ1) is 32.0. The summed E-state index contributed by atoms with van der Waals surface area (Å²) in [5.41, 5.74) is 4.03. The van der Waals surface area contributed by atoms with E-state index in [-0.39, 0.29) is 0 Å². The average molecular weight is 566 g/mol. The van der Waals surface area contributed by atoms with Crippen LogP contribution < -0.4 is 0 Å². The summed E-state index contributed by atoms with van der Waals surface area (Å²) in [4.78, 5) is 28.9. The van der Waals surface area contributed by atoms with Crippen molar-refractivity contribution in [2.45, 2.75) is 51.7 Å². The Hall–Kier alpha value is -3.26. The number of alkyl halides is 6. The molecule has 8 nitrogen and oxygen atoms in total. The smallest absolute Gasteiger partial charge is 0.475 e. The number of rotatable bonds is 6. The molecule has 0 spiro atoms. The van der Waals surface area contributed by atoms with E-state index in [1.54, 1.807) is 0 Å². The van der Waals surface area contributed by atoms with E-state index in [0.29, 0.717) is 12.0 Å². The molecule has 0 unspecified atom stereocenters. The number of aliphatic carboxylic acids is 2. The van der Waals surface area contributed by atoms with Gasteiger partial charge in [0, 0.05) is 49.8 Å². The van der Waals surface area contributed by atoms with Gasteiger partial charge in [-0.1, -0.05) is 18.6 Å². The van der Waals surface area contributed by atoms with Gasteiger partial charge in [-0.2, -0.15) is 26.3 Å². The van der Waals surface area contributed by atoms with E-state index in [9.17, 15) is 26.3 Å². The summed E-state index contributed by atoms with van der Waals surface area (Å²) < 4.78 is 69.7. The number of hydrogen-bond donors (Lipinski definition) is 2. The van der Waals surface area contributed by atoms with Crippen molar-refractivity contribution in [3.63, 3.8) is 0 Å². The molecular formula is C25H29F6N3O5. The van der Waals surface area contributed by atoms with Crippen LogP contribution in [0, 0.1) is 18.3 Å². The normalized spacial score (nSPS) is 20.7. The number of carboxylic acids is 2. The minimum atomic E-state index is -5.08. The van der Waals surface area contributed by atoms with Crippen LogP contribution in [0.2, 0.25) is 0 Å². The number of hydrogen-bond acceptors (Lipinski definition) is 6.